The molecule has 0 radical (unpaired) electrons. The molecule has 0 aliphatic heterocycles. The largest absolute Gasteiger partial charge is 0.478 e. The lowest BCUT2D eigenvalue weighted by Crippen LogP contribution is -2.26. The number of hydrogen-bond donors (Lipinski definition) is 2. The third kappa shape index (κ3) is 3.71. The van der Waals surface area contributed by atoms with Gasteiger partial charge in [0.2, 0.25) is 0 Å². The van der Waals surface area contributed by atoms with Crippen LogP contribution in [0.5, 0.6) is 0 Å². The number of non-ortho nitro benzene ring substituents is 1. The van der Waals surface area contributed by atoms with E-state index in [1.807, 2.05) is 0 Å². The summed E-state index contributed by atoms with van der Waals surface area (Å²) in [6.07, 6.45) is 5.49. The lowest BCUT2D eigenvalue weighted by molar-refractivity contribution is -0.384. The Hall–Kier alpha value is -2.11. The quantitative estimate of drug-likeness (QED) is 0.638. The maximum absolute atomic E-state index is 11.3. The number of hydrogen-bond acceptors (Lipinski definition) is 4. The third-order valence-electron chi connectivity index (χ3n) is 4.23. The van der Waals surface area contributed by atoms with Gasteiger partial charge in [-0.3, -0.25) is 10.1 Å². The van der Waals surface area contributed by atoms with Crippen molar-refractivity contribution >= 4 is 17.3 Å². The number of rotatable bonds is 5. The molecule has 2 N–H and O–H groups in total. The Kier molecular flexibility index (Phi) is 4.77. The lowest BCUT2D eigenvalue weighted by atomic mass is 9.84. The van der Waals surface area contributed by atoms with Crippen LogP contribution >= 0.6 is 0 Å². The summed E-state index contributed by atoms with van der Waals surface area (Å²) in [6, 6.07) is 4.19. The van der Waals surface area contributed by atoms with Gasteiger partial charge in [0.05, 0.1) is 10.5 Å². The zero-order valence-corrected chi connectivity index (χ0v) is 12.0. The molecule has 1 aliphatic carbocycles. The fraction of sp³-hybridized carbons (Fsp3) is 0.533. The first-order valence-electron chi connectivity index (χ1n) is 7.29. The van der Waals surface area contributed by atoms with E-state index in [4.69, 9.17) is 0 Å². The monoisotopic (exact) mass is 292 g/mol. The molecule has 1 saturated carbocycles. The number of carboxylic acids is 1. The molecule has 6 heteroatoms. The second kappa shape index (κ2) is 6.56. The van der Waals surface area contributed by atoms with Gasteiger partial charge in [-0.05, 0) is 37.7 Å². The van der Waals surface area contributed by atoms with Crippen LogP contribution in [0.25, 0.3) is 0 Å². The van der Waals surface area contributed by atoms with Crippen LogP contribution in [0, 0.1) is 16.0 Å². The van der Waals surface area contributed by atoms with Crippen LogP contribution in [0.2, 0.25) is 0 Å². The molecule has 6 nitrogen and oxygen atoms in total. The van der Waals surface area contributed by atoms with Gasteiger partial charge in [-0.2, -0.15) is 0 Å². The van der Waals surface area contributed by atoms with E-state index in [9.17, 15) is 20.0 Å². The average molecular weight is 292 g/mol. The Bertz CT molecular complexity index is 536. The van der Waals surface area contributed by atoms with Crippen LogP contribution in [0.4, 0.5) is 11.4 Å². The minimum atomic E-state index is -1.15. The van der Waals surface area contributed by atoms with Crippen molar-refractivity contribution < 1.29 is 14.8 Å². The molecule has 0 saturated heterocycles. The standard InChI is InChI=1S/C15H20N2O4/c1-2-10-3-5-11(6-4-10)16-14-8-7-12(17(20)21)9-13(14)15(18)19/h7-11,16H,2-6H2,1H3,(H,18,19). The summed E-state index contributed by atoms with van der Waals surface area (Å²) in [5, 5.41) is 23.2. The average Bonchev–Trinajstić information content (AvgIpc) is 2.48. The highest BCUT2D eigenvalue weighted by Gasteiger charge is 2.22. The van der Waals surface area contributed by atoms with E-state index >= 15 is 0 Å². The van der Waals surface area contributed by atoms with E-state index in [1.165, 1.54) is 18.6 Å². The van der Waals surface area contributed by atoms with Crippen LogP contribution in [0.1, 0.15) is 49.4 Å². The van der Waals surface area contributed by atoms with Crippen LogP contribution < -0.4 is 5.32 Å². The van der Waals surface area contributed by atoms with Gasteiger partial charge in [0, 0.05) is 23.9 Å². The number of nitro benzene ring substituents is 1. The number of benzene rings is 1. The molecule has 114 valence electrons. The zero-order chi connectivity index (χ0) is 15.4. The van der Waals surface area contributed by atoms with Crippen LogP contribution in [-0.2, 0) is 0 Å². The summed E-state index contributed by atoms with van der Waals surface area (Å²) in [4.78, 5) is 21.4. The predicted octanol–water partition coefficient (Wildman–Crippen LogP) is 3.67. The van der Waals surface area contributed by atoms with E-state index in [2.05, 4.69) is 12.2 Å². The molecular weight excluding hydrogens is 272 g/mol. The second-order valence-corrected chi connectivity index (χ2v) is 5.56. The second-order valence-electron chi connectivity index (χ2n) is 5.56. The number of anilines is 1. The van der Waals surface area contributed by atoms with Crippen molar-refractivity contribution in [1.29, 1.82) is 0 Å². The Morgan fingerprint density at radius 1 is 1.38 bits per heavy atom. The van der Waals surface area contributed by atoms with Crippen molar-refractivity contribution in [1.82, 2.24) is 0 Å². The van der Waals surface area contributed by atoms with E-state index in [-0.39, 0.29) is 17.3 Å². The van der Waals surface area contributed by atoms with E-state index in [0.717, 1.165) is 37.7 Å². The van der Waals surface area contributed by atoms with Crippen molar-refractivity contribution in [3.8, 4) is 0 Å². The maximum atomic E-state index is 11.3. The number of carbonyl (C=O) groups is 1. The summed E-state index contributed by atoms with van der Waals surface area (Å²) in [5.41, 5.74) is 0.225. The van der Waals surface area contributed by atoms with Crippen molar-refractivity contribution in [3.63, 3.8) is 0 Å². The topological polar surface area (TPSA) is 92.5 Å². The van der Waals surface area contributed by atoms with Gasteiger partial charge in [0.25, 0.3) is 5.69 Å². The number of carboxylic acid groups (broad SMARTS) is 1. The zero-order valence-electron chi connectivity index (χ0n) is 12.0. The minimum Gasteiger partial charge on any atom is -0.478 e. The summed E-state index contributed by atoms with van der Waals surface area (Å²) in [6.45, 7) is 2.19. The van der Waals surface area contributed by atoms with Gasteiger partial charge in [-0.1, -0.05) is 13.3 Å². The summed E-state index contributed by atoms with van der Waals surface area (Å²) in [5.74, 6) is -0.387. The summed E-state index contributed by atoms with van der Waals surface area (Å²) in [7, 11) is 0. The Morgan fingerprint density at radius 3 is 2.57 bits per heavy atom. The van der Waals surface area contributed by atoms with E-state index in [0.29, 0.717) is 5.69 Å². The lowest BCUT2D eigenvalue weighted by Gasteiger charge is -2.29. The SMILES string of the molecule is CCC1CCC(Nc2ccc([N+](=O)[O-])cc2C(=O)O)CC1. The number of nitrogens with one attached hydrogen (secondary N) is 1. The first-order valence-corrected chi connectivity index (χ1v) is 7.29. The Balaban J connectivity index is 2.13. The molecule has 0 unspecified atom stereocenters. The van der Waals surface area contributed by atoms with E-state index < -0.39 is 10.9 Å². The molecule has 0 atom stereocenters. The molecule has 1 fully saturated rings. The smallest absolute Gasteiger partial charge is 0.338 e. The molecule has 0 spiro atoms. The van der Waals surface area contributed by atoms with Crippen molar-refractivity contribution in [2.45, 2.75) is 45.1 Å². The molecule has 0 bridgehead atoms. The highest BCUT2D eigenvalue weighted by atomic mass is 16.6. The van der Waals surface area contributed by atoms with Gasteiger partial charge in [-0.15, -0.1) is 0 Å². The van der Waals surface area contributed by atoms with E-state index in [1.54, 1.807) is 0 Å². The number of nitro groups is 1. The highest BCUT2D eigenvalue weighted by Crippen LogP contribution is 2.30. The van der Waals surface area contributed by atoms with Gasteiger partial charge >= 0.3 is 5.97 Å². The molecule has 1 aromatic rings. The van der Waals surface area contributed by atoms with Gasteiger partial charge in [0.1, 0.15) is 0 Å². The first kappa shape index (κ1) is 15.3. The Morgan fingerprint density at radius 2 is 2.05 bits per heavy atom. The molecule has 2 rings (SSSR count). The minimum absolute atomic E-state index is 0.0400. The number of aromatic carboxylic acids is 1. The first-order chi connectivity index (χ1) is 10.0. The van der Waals surface area contributed by atoms with Gasteiger partial charge in [-0.25, -0.2) is 4.79 Å². The number of nitrogens with zero attached hydrogens (tertiary/aromatic N) is 1. The molecule has 1 aliphatic rings. The molecule has 0 amide bonds. The molecular formula is C15H20N2O4. The maximum Gasteiger partial charge on any atom is 0.338 e. The fourth-order valence-electron chi connectivity index (χ4n) is 2.88. The fourth-order valence-corrected chi connectivity index (χ4v) is 2.88. The van der Waals surface area contributed by atoms with Crippen LogP contribution in [-0.4, -0.2) is 22.0 Å². The molecule has 0 aromatic heterocycles. The highest BCUT2D eigenvalue weighted by molar-refractivity contribution is 5.95. The van der Waals surface area contributed by atoms with Crippen LogP contribution in [0.15, 0.2) is 18.2 Å². The summed E-state index contributed by atoms with van der Waals surface area (Å²) >= 11 is 0. The van der Waals surface area contributed by atoms with Gasteiger partial charge in [0.15, 0.2) is 0 Å². The molecule has 1 aromatic carbocycles. The normalized spacial score (nSPS) is 21.8. The third-order valence-corrected chi connectivity index (χ3v) is 4.23. The van der Waals surface area contributed by atoms with Gasteiger partial charge < -0.3 is 10.4 Å². The van der Waals surface area contributed by atoms with Crippen molar-refractivity contribution in [3.05, 3.63) is 33.9 Å². The molecule has 0 heterocycles. The predicted molar refractivity (Wildman–Crippen MR) is 79.7 cm³/mol. The van der Waals surface area contributed by atoms with Crippen molar-refractivity contribution in [2.75, 3.05) is 5.32 Å². The molecule has 21 heavy (non-hydrogen) atoms. The van der Waals surface area contributed by atoms with Crippen molar-refractivity contribution in [2.24, 2.45) is 5.92 Å². The summed E-state index contributed by atoms with van der Waals surface area (Å²) < 4.78 is 0. The Labute approximate surface area is 123 Å². The van der Waals surface area contributed by atoms with Crippen LogP contribution in [0.3, 0.4) is 0 Å².